The van der Waals surface area contributed by atoms with Crippen LogP contribution in [0.15, 0.2) is 23.8 Å². The van der Waals surface area contributed by atoms with Gasteiger partial charge in [0, 0.05) is 5.92 Å². The number of allylic oxidation sites excluding steroid dienone is 3. The van der Waals surface area contributed by atoms with E-state index in [0.29, 0.717) is 51.4 Å². The summed E-state index contributed by atoms with van der Waals surface area (Å²) in [6, 6.07) is 0. The predicted octanol–water partition coefficient (Wildman–Crippen LogP) is -0.0259. The van der Waals surface area contributed by atoms with Gasteiger partial charge in [0.25, 0.3) is 0 Å². The van der Waals surface area contributed by atoms with Gasteiger partial charge in [-0.25, -0.2) is 4.79 Å². The highest BCUT2D eigenvalue weighted by Gasteiger charge is 2.72. The van der Waals surface area contributed by atoms with Crippen molar-refractivity contribution in [2.24, 2.45) is 44.8 Å². The Morgan fingerprint density at radius 2 is 1.48 bits per heavy atom. The summed E-state index contributed by atoms with van der Waals surface area (Å²) in [5.74, 6) is -4.58. The first-order valence-electron chi connectivity index (χ1n) is 20.4. The van der Waals surface area contributed by atoms with Crippen molar-refractivity contribution in [3.63, 3.8) is 0 Å². The van der Waals surface area contributed by atoms with Crippen LogP contribution in [0.3, 0.4) is 0 Å². The predicted molar refractivity (Wildman–Crippen MR) is 197 cm³/mol. The number of aliphatic hydroxyl groups excluding tert-OH is 8. The van der Waals surface area contributed by atoms with Crippen LogP contribution in [0.25, 0.3) is 0 Å². The van der Waals surface area contributed by atoms with Crippen LogP contribution in [0.1, 0.15) is 85.5 Å². The minimum absolute atomic E-state index is 0.0939. The number of hydrogen-bond donors (Lipinski definition) is 10. The van der Waals surface area contributed by atoms with Gasteiger partial charge in [-0.05, 0) is 92.8 Å². The van der Waals surface area contributed by atoms with Crippen LogP contribution >= 0.6 is 0 Å². The number of aliphatic carboxylic acids is 2. The molecule has 17 heteroatoms. The Morgan fingerprint density at radius 3 is 2.12 bits per heavy atom. The minimum atomic E-state index is -1.98. The van der Waals surface area contributed by atoms with Gasteiger partial charge in [-0.3, -0.25) is 9.59 Å². The number of carboxylic acids is 2. The monoisotopic (exact) mass is 824 g/mol. The standard InChI is InChI=1S/C41H60O17/c1-17-8-11-41(36(54)58-33-28(48)25(45)24(44)21(16-42)55-33)13-12-38(3)18(19(41)14-17)6-7-22-37(2)15-20(43)31(40(5,35(52)53)23(37)9-10-39(22,38)4)57-34-29(49)26(46)27(47)30(56-34)32(50)51/h6,19-31,33-34,42-49H,1,7-16H2,2-5H3,(H,50,51)(H,52,53)/t19-,20-,21+,22+,23+,24+,25-,26-,27-,28+,29+,30-,31-,33-,34-,37+,38+,39+,40-,41-/m0/s1. The summed E-state index contributed by atoms with van der Waals surface area (Å²) in [4.78, 5) is 39.7. The topological polar surface area (TPSA) is 290 Å². The number of hydrogen-bond acceptors (Lipinski definition) is 15. The van der Waals surface area contributed by atoms with Gasteiger partial charge in [-0.2, -0.15) is 0 Å². The van der Waals surface area contributed by atoms with Gasteiger partial charge < -0.3 is 70.0 Å². The van der Waals surface area contributed by atoms with Crippen molar-refractivity contribution < 1.29 is 84.4 Å². The van der Waals surface area contributed by atoms with Crippen LogP contribution in [0, 0.1) is 44.8 Å². The molecule has 326 valence electrons. The normalized spacial score (nSPS) is 52.9. The van der Waals surface area contributed by atoms with E-state index in [1.165, 1.54) is 6.92 Å². The second kappa shape index (κ2) is 14.8. The average Bonchev–Trinajstić information content (AvgIpc) is 3.16. The fourth-order valence-electron chi connectivity index (χ4n) is 13.2. The van der Waals surface area contributed by atoms with E-state index >= 15 is 0 Å². The van der Waals surface area contributed by atoms with E-state index in [-0.39, 0.29) is 18.3 Å². The molecular formula is C41H60O17. The number of rotatable bonds is 7. The zero-order chi connectivity index (χ0) is 42.7. The molecule has 0 radical (unpaired) electrons. The molecule has 5 aliphatic carbocycles. The van der Waals surface area contributed by atoms with Gasteiger partial charge in [0.15, 0.2) is 12.4 Å². The summed E-state index contributed by atoms with van der Waals surface area (Å²) in [6.07, 6.45) is -14.4. The van der Waals surface area contributed by atoms with E-state index < -0.39 is 131 Å². The second-order valence-corrected chi connectivity index (χ2v) is 19.2. The van der Waals surface area contributed by atoms with Crippen molar-refractivity contribution in [3.8, 4) is 0 Å². The van der Waals surface area contributed by atoms with Crippen molar-refractivity contribution in [3.05, 3.63) is 23.8 Å². The van der Waals surface area contributed by atoms with Gasteiger partial charge >= 0.3 is 17.9 Å². The third-order valence-corrected chi connectivity index (χ3v) is 16.7. The summed E-state index contributed by atoms with van der Waals surface area (Å²) in [5, 5.41) is 105. The summed E-state index contributed by atoms with van der Waals surface area (Å²) in [7, 11) is 0. The molecule has 0 unspecified atom stereocenters. The van der Waals surface area contributed by atoms with E-state index in [2.05, 4.69) is 26.5 Å². The molecule has 17 nitrogen and oxygen atoms in total. The van der Waals surface area contributed by atoms with Gasteiger partial charge in [-0.15, -0.1) is 0 Å². The van der Waals surface area contributed by atoms with Crippen LogP contribution in [0.5, 0.6) is 0 Å². The number of carbonyl (C=O) groups excluding carboxylic acids is 1. The molecule has 10 N–H and O–H groups in total. The Bertz CT molecular complexity index is 1700. The number of carboxylic acid groups (broad SMARTS) is 2. The third-order valence-electron chi connectivity index (χ3n) is 16.7. The molecule has 0 aromatic rings. The molecule has 7 rings (SSSR count). The van der Waals surface area contributed by atoms with Crippen LogP contribution in [-0.4, -0.2) is 149 Å². The first-order valence-corrected chi connectivity index (χ1v) is 20.4. The molecular weight excluding hydrogens is 764 g/mol. The van der Waals surface area contributed by atoms with Crippen molar-refractivity contribution in [2.75, 3.05) is 6.61 Å². The SMILES string of the molecule is C=C1CC[C@]2(C(=O)O[C@@H]3O[C@H](CO)[C@@H](O)[C@H](O)[C@H]3O)CC[C@]3(C)C(=CC[C@@H]4[C@@]5(C)C[C@H](O)[C@H](O[C@@H]6O[C@H](C(=O)O)[C@@H](O)[C@H](O)[C@H]6O)[C@@](C)(C(=O)O)[C@@H]5CC[C@]43C)[C@@H]2C1. The lowest BCUT2D eigenvalue weighted by Gasteiger charge is -2.71. The molecule has 6 fully saturated rings. The lowest BCUT2D eigenvalue weighted by atomic mass is 9.33. The average molecular weight is 825 g/mol. The zero-order valence-electron chi connectivity index (χ0n) is 33.3. The van der Waals surface area contributed by atoms with E-state index in [1.54, 1.807) is 0 Å². The maximum Gasteiger partial charge on any atom is 0.335 e. The molecule has 2 heterocycles. The van der Waals surface area contributed by atoms with Crippen LogP contribution in [0.2, 0.25) is 0 Å². The van der Waals surface area contributed by atoms with E-state index in [1.807, 2.05) is 6.92 Å². The molecule has 0 bridgehead atoms. The quantitative estimate of drug-likeness (QED) is 0.0917. The highest BCUT2D eigenvalue weighted by molar-refractivity contribution is 5.79. The van der Waals surface area contributed by atoms with Crippen LogP contribution < -0.4 is 0 Å². The lowest BCUT2D eigenvalue weighted by molar-refractivity contribution is -0.335. The summed E-state index contributed by atoms with van der Waals surface area (Å²) < 4.78 is 22.8. The van der Waals surface area contributed by atoms with E-state index in [9.17, 15) is 65.4 Å². The lowest BCUT2D eigenvalue weighted by Crippen LogP contribution is -2.70. The molecule has 4 saturated carbocycles. The number of aliphatic hydroxyl groups is 8. The van der Waals surface area contributed by atoms with Crippen molar-refractivity contribution in [2.45, 2.75) is 159 Å². The molecule has 0 amide bonds. The Morgan fingerprint density at radius 1 is 0.828 bits per heavy atom. The third kappa shape index (κ3) is 6.08. The molecule has 2 aliphatic heterocycles. The van der Waals surface area contributed by atoms with Gasteiger partial charge in [0.1, 0.15) is 48.8 Å². The molecule has 2 saturated heterocycles. The molecule has 58 heavy (non-hydrogen) atoms. The maximum absolute atomic E-state index is 14.4. The van der Waals surface area contributed by atoms with Crippen molar-refractivity contribution in [1.29, 1.82) is 0 Å². The summed E-state index contributed by atoms with van der Waals surface area (Å²) in [5.41, 5.74) is -2.52. The van der Waals surface area contributed by atoms with E-state index in [4.69, 9.17) is 18.9 Å². The molecule has 0 spiro atoms. The highest BCUT2D eigenvalue weighted by Crippen LogP contribution is 2.75. The second-order valence-electron chi connectivity index (χ2n) is 19.2. The molecule has 0 aromatic carbocycles. The largest absolute Gasteiger partial charge is 0.481 e. The number of carbonyl (C=O) groups is 3. The maximum atomic E-state index is 14.4. The first-order chi connectivity index (χ1) is 27.0. The fraction of sp³-hybridized carbons (Fsp3) is 0.829. The number of esters is 1. The molecule has 0 aromatic heterocycles. The van der Waals surface area contributed by atoms with Crippen LogP contribution in [0.4, 0.5) is 0 Å². The van der Waals surface area contributed by atoms with Crippen molar-refractivity contribution in [1.82, 2.24) is 0 Å². The number of fused-ring (bicyclic) bond motifs is 7. The summed E-state index contributed by atoms with van der Waals surface area (Å²) in [6.45, 7) is 11.5. The minimum Gasteiger partial charge on any atom is -0.481 e. The van der Waals surface area contributed by atoms with Gasteiger partial charge in [-0.1, -0.05) is 44.6 Å². The molecule has 20 atom stereocenters. The molecule has 7 aliphatic rings. The number of ether oxygens (including phenoxy) is 4. The highest BCUT2D eigenvalue weighted by atomic mass is 16.7. The smallest absolute Gasteiger partial charge is 0.335 e. The Balaban J connectivity index is 1.20. The fourth-order valence-corrected chi connectivity index (χ4v) is 13.2. The first kappa shape index (κ1) is 43.5. The zero-order valence-corrected chi connectivity index (χ0v) is 33.3. The summed E-state index contributed by atoms with van der Waals surface area (Å²) >= 11 is 0. The Kier molecular flexibility index (Phi) is 11.1. The van der Waals surface area contributed by atoms with Crippen molar-refractivity contribution >= 4 is 17.9 Å². The van der Waals surface area contributed by atoms with E-state index in [0.717, 1.165) is 11.1 Å². The van der Waals surface area contributed by atoms with Crippen LogP contribution in [-0.2, 0) is 33.3 Å². The Labute approximate surface area is 336 Å². The van der Waals surface area contributed by atoms with Gasteiger partial charge in [0.05, 0.1) is 23.5 Å². The van der Waals surface area contributed by atoms with Gasteiger partial charge in [0.2, 0.25) is 6.29 Å². The Hall–Kier alpha value is -2.55.